The van der Waals surface area contributed by atoms with Crippen LogP contribution in [0.2, 0.25) is 0 Å². The molecule has 0 heterocycles. The van der Waals surface area contributed by atoms with Crippen molar-refractivity contribution in [3.05, 3.63) is 217 Å². The van der Waals surface area contributed by atoms with Gasteiger partial charge in [-0.2, -0.15) is 0 Å². The van der Waals surface area contributed by atoms with E-state index in [1.165, 1.54) is 82.6 Å². The third-order valence-electron chi connectivity index (χ3n) is 12.0. The van der Waals surface area contributed by atoms with Gasteiger partial charge in [0.05, 0.1) is 22.7 Å². The second kappa shape index (κ2) is 15.0. The highest BCUT2D eigenvalue weighted by Gasteiger charge is 2.28. The molecule has 0 N–H and O–H groups in total. The van der Waals surface area contributed by atoms with Crippen molar-refractivity contribution in [2.24, 2.45) is 0 Å². The minimum atomic E-state index is 0.417. The molecule has 0 saturated heterocycles. The Hall–Kier alpha value is -7.16. The Balaban J connectivity index is 1.39. The van der Waals surface area contributed by atoms with E-state index in [4.69, 9.17) is 0 Å². The van der Waals surface area contributed by atoms with Gasteiger partial charge in [-0.1, -0.05) is 184 Å². The second-order valence-electron chi connectivity index (χ2n) is 16.0. The van der Waals surface area contributed by atoms with Crippen molar-refractivity contribution in [2.75, 3.05) is 9.80 Å². The van der Waals surface area contributed by atoms with Crippen molar-refractivity contribution in [1.29, 1.82) is 0 Å². The fraction of sp³-hybridized carbons (Fsp3) is 0.0877. The minimum Gasteiger partial charge on any atom is -0.309 e. The highest BCUT2D eigenvalue weighted by Crippen LogP contribution is 2.53. The normalized spacial score (nSPS) is 11.5. The van der Waals surface area contributed by atoms with Gasteiger partial charge in [0.1, 0.15) is 0 Å². The Kier molecular flexibility index (Phi) is 9.19. The van der Waals surface area contributed by atoms with Crippen molar-refractivity contribution in [3.63, 3.8) is 0 Å². The zero-order chi connectivity index (χ0) is 40.0. The zero-order valence-electron chi connectivity index (χ0n) is 34.0. The first-order valence-corrected chi connectivity index (χ1v) is 20.7. The molecular formula is C57H46N2. The van der Waals surface area contributed by atoms with Crippen LogP contribution in [0.5, 0.6) is 0 Å². The summed E-state index contributed by atoms with van der Waals surface area (Å²) in [5.74, 6) is 0.417. The summed E-state index contributed by atoms with van der Waals surface area (Å²) in [6.45, 7) is 9.07. The maximum Gasteiger partial charge on any atom is 0.0569 e. The topological polar surface area (TPSA) is 6.48 Å². The van der Waals surface area contributed by atoms with Crippen LogP contribution in [0.1, 0.15) is 36.5 Å². The van der Waals surface area contributed by atoms with Gasteiger partial charge >= 0.3 is 0 Å². The van der Waals surface area contributed by atoms with Gasteiger partial charge in [-0.3, -0.25) is 0 Å². The fourth-order valence-corrected chi connectivity index (χ4v) is 9.15. The monoisotopic (exact) mass is 758 g/mol. The number of anilines is 6. The van der Waals surface area contributed by atoms with E-state index in [0.717, 1.165) is 22.7 Å². The van der Waals surface area contributed by atoms with Crippen LogP contribution in [0.3, 0.4) is 0 Å². The summed E-state index contributed by atoms with van der Waals surface area (Å²) in [7, 11) is 0. The molecule has 0 aromatic heterocycles. The maximum atomic E-state index is 2.52. The minimum absolute atomic E-state index is 0.417. The highest BCUT2D eigenvalue weighted by atomic mass is 15.2. The summed E-state index contributed by atoms with van der Waals surface area (Å²) < 4.78 is 0. The molecule has 0 radical (unpaired) electrons. The van der Waals surface area contributed by atoms with Crippen LogP contribution in [0.15, 0.2) is 200 Å². The smallest absolute Gasteiger partial charge is 0.0569 e. The maximum absolute atomic E-state index is 2.52. The third kappa shape index (κ3) is 6.29. The molecule has 10 aromatic rings. The van der Waals surface area contributed by atoms with Crippen LogP contribution in [0, 0.1) is 13.8 Å². The lowest BCUT2D eigenvalue weighted by molar-refractivity contribution is 0.870. The van der Waals surface area contributed by atoms with Crippen LogP contribution in [0.25, 0.3) is 54.6 Å². The number of hydrogen-bond acceptors (Lipinski definition) is 2. The predicted molar refractivity (Wildman–Crippen MR) is 254 cm³/mol. The van der Waals surface area contributed by atoms with Crippen LogP contribution in [-0.2, 0) is 0 Å². The van der Waals surface area contributed by atoms with Crippen molar-refractivity contribution >= 4 is 66.4 Å². The number of hydrogen-bond donors (Lipinski definition) is 0. The number of nitrogens with zero attached hydrogens (tertiary/aromatic N) is 2. The summed E-state index contributed by atoms with van der Waals surface area (Å²) >= 11 is 0. The molecule has 0 fully saturated rings. The van der Waals surface area contributed by atoms with Gasteiger partial charge in [0, 0.05) is 38.7 Å². The van der Waals surface area contributed by atoms with Crippen LogP contribution in [0.4, 0.5) is 34.1 Å². The second-order valence-corrected chi connectivity index (χ2v) is 16.0. The number of benzene rings is 10. The Morgan fingerprint density at radius 2 is 0.780 bits per heavy atom. The molecule has 59 heavy (non-hydrogen) atoms. The number of para-hydroxylation sites is 4. The van der Waals surface area contributed by atoms with Crippen LogP contribution >= 0.6 is 0 Å². The Morgan fingerprint density at radius 3 is 1.19 bits per heavy atom. The SMILES string of the molecule is Cc1cccc(-c2ccccc2)c1N(c1ccccc1)c1cc(N(c2ccccc2)c2c(C)cccc2-c2ccccc2)c2ccc3cc(C(C)C)cc4ccc1c2c43. The molecule has 0 spiro atoms. The molecule has 10 aromatic carbocycles. The average molecular weight is 759 g/mol. The van der Waals surface area contributed by atoms with Crippen molar-refractivity contribution in [1.82, 2.24) is 0 Å². The molecule has 10 rings (SSSR count). The van der Waals surface area contributed by atoms with Crippen molar-refractivity contribution < 1.29 is 0 Å². The van der Waals surface area contributed by atoms with Gasteiger partial charge in [0.25, 0.3) is 0 Å². The lowest BCUT2D eigenvalue weighted by Crippen LogP contribution is -2.17. The molecular weight excluding hydrogens is 713 g/mol. The van der Waals surface area contributed by atoms with Gasteiger partial charge in [-0.05, 0) is 94.1 Å². The van der Waals surface area contributed by atoms with Gasteiger partial charge in [-0.25, -0.2) is 0 Å². The van der Waals surface area contributed by atoms with Crippen molar-refractivity contribution in [2.45, 2.75) is 33.6 Å². The zero-order valence-corrected chi connectivity index (χ0v) is 34.0. The van der Waals surface area contributed by atoms with Crippen LogP contribution < -0.4 is 9.80 Å². The number of rotatable bonds is 9. The summed E-state index contributed by atoms with van der Waals surface area (Å²) in [6, 6.07) is 73.6. The summed E-state index contributed by atoms with van der Waals surface area (Å²) in [6.07, 6.45) is 0. The molecule has 0 atom stereocenters. The van der Waals surface area contributed by atoms with Gasteiger partial charge in [0.15, 0.2) is 0 Å². The van der Waals surface area contributed by atoms with Crippen LogP contribution in [-0.4, -0.2) is 0 Å². The van der Waals surface area contributed by atoms with E-state index < -0.39 is 0 Å². The largest absolute Gasteiger partial charge is 0.309 e. The Morgan fingerprint density at radius 1 is 0.373 bits per heavy atom. The molecule has 0 bridgehead atoms. The standard InChI is InChI=1S/C57H46N2/c1-38(2)45-35-43-31-33-50-52(58(46-25-13-7-14-26-46)56-39(3)19-17-29-48(56)41-21-9-5-10-22-41)37-53(51-34-32-44(36-45)54(43)55(50)51)59(47-27-15-8-16-28-47)57-40(4)20-18-30-49(57)42-23-11-6-12-24-42/h5-38H,1-4H3. The molecule has 0 aliphatic heterocycles. The molecule has 0 unspecified atom stereocenters. The predicted octanol–water partition coefficient (Wildman–Crippen LogP) is 16.6. The number of aryl methyl sites for hydroxylation is 2. The van der Waals surface area contributed by atoms with Crippen molar-refractivity contribution in [3.8, 4) is 22.3 Å². The van der Waals surface area contributed by atoms with E-state index in [1.54, 1.807) is 0 Å². The fourth-order valence-electron chi connectivity index (χ4n) is 9.15. The molecule has 0 amide bonds. The van der Waals surface area contributed by atoms with Gasteiger partial charge in [-0.15, -0.1) is 0 Å². The van der Waals surface area contributed by atoms with Gasteiger partial charge in [0.2, 0.25) is 0 Å². The lowest BCUT2D eigenvalue weighted by Gasteiger charge is -2.35. The molecule has 0 saturated carbocycles. The average Bonchev–Trinajstić information content (AvgIpc) is 3.28. The van der Waals surface area contributed by atoms with E-state index in [-0.39, 0.29) is 0 Å². The van der Waals surface area contributed by atoms with E-state index in [2.05, 4.69) is 238 Å². The molecule has 284 valence electrons. The first-order valence-electron chi connectivity index (χ1n) is 20.7. The third-order valence-corrected chi connectivity index (χ3v) is 12.0. The molecule has 2 heteroatoms. The first kappa shape index (κ1) is 36.2. The van der Waals surface area contributed by atoms with E-state index in [9.17, 15) is 0 Å². The summed E-state index contributed by atoms with van der Waals surface area (Å²) in [5, 5.41) is 7.54. The van der Waals surface area contributed by atoms with E-state index in [0.29, 0.717) is 5.92 Å². The quantitative estimate of drug-likeness (QED) is 0.135. The lowest BCUT2D eigenvalue weighted by atomic mass is 9.88. The Bertz CT molecular complexity index is 2880. The summed E-state index contributed by atoms with van der Waals surface area (Å²) in [4.78, 5) is 5.04. The highest BCUT2D eigenvalue weighted by molar-refractivity contribution is 6.29. The molecule has 2 nitrogen and oxygen atoms in total. The molecule has 0 aliphatic carbocycles. The first-order chi connectivity index (χ1) is 29.0. The Labute approximate surface area is 347 Å². The summed E-state index contributed by atoms with van der Waals surface area (Å²) in [5.41, 5.74) is 15.3. The molecule has 0 aliphatic rings. The van der Waals surface area contributed by atoms with E-state index >= 15 is 0 Å². The van der Waals surface area contributed by atoms with E-state index in [1.807, 2.05) is 0 Å². The van der Waals surface area contributed by atoms with Gasteiger partial charge < -0.3 is 9.80 Å².